The molecular weight excluding hydrogens is 504 g/mol. The predicted molar refractivity (Wildman–Crippen MR) is 157 cm³/mol. The minimum atomic E-state index is -0.509. The fourth-order valence-electron chi connectivity index (χ4n) is 5.87. The Labute approximate surface area is 236 Å². The van der Waals surface area contributed by atoms with Crippen LogP contribution in [-0.2, 0) is 29.0 Å². The maximum Gasteiger partial charge on any atom is 0.411 e. The zero-order chi connectivity index (χ0) is 28.1. The molecule has 40 heavy (non-hydrogen) atoms. The number of carbonyl (C=O) groups excluding carboxylic acids is 2. The van der Waals surface area contributed by atoms with Crippen molar-refractivity contribution in [1.82, 2.24) is 4.90 Å². The molecule has 3 aromatic carbocycles. The molecule has 1 heterocycles. The van der Waals surface area contributed by atoms with E-state index < -0.39 is 6.09 Å². The molecule has 1 fully saturated rings. The standard InChI is InChI=1S/C32H38N4O4/c1-39-31(37)34-29-19-25(10-15-30(29)35-17-16-23-7-3-4-8-26(23)21-35)24-9-5-6-22(18-24)20-36(32(38)40-2)28-13-11-27(33)12-14-28/h3-10,15,18-19,27-28H,11-14,16-17,20-21,33H2,1-2H3,(H,34,37). The number of ether oxygens (including phenoxy) is 2. The smallest absolute Gasteiger partial charge is 0.411 e. The van der Waals surface area contributed by atoms with Gasteiger partial charge in [0.15, 0.2) is 0 Å². The molecule has 1 saturated carbocycles. The lowest BCUT2D eigenvalue weighted by Gasteiger charge is -2.35. The van der Waals surface area contributed by atoms with E-state index in [1.165, 1.54) is 25.3 Å². The van der Waals surface area contributed by atoms with E-state index in [-0.39, 0.29) is 18.2 Å². The highest BCUT2D eigenvalue weighted by Crippen LogP contribution is 2.35. The van der Waals surface area contributed by atoms with Gasteiger partial charge in [-0.3, -0.25) is 5.32 Å². The summed E-state index contributed by atoms with van der Waals surface area (Å²) in [4.78, 5) is 29.1. The van der Waals surface area contributed by atoms with E-state index in [0.717, 1.165) is 67.6 Å². The van der Waals surface area contributed by atoms with Crippen molar-refractivity contribution in [3.63, 3.8) is 0 Å². The molecule has 0 saturated heterocycles. The summed E-state index contributed by atoms with van der Waals surface area (Å²) in [6, 6.07) is 23.1. The van der Waals surface area contributed by atoms with Gasteiger partial charge in [-0.25, -0.2) is 9.59 Å². The van der Waals surface area contributed by atoms with E-state index >= 15 is 0 Å². The molecule has 8 heteroatoms. The Hall–Kier alpha value is -4.04. The molecule has 0 unspecified atom stereocenters. The van der Waals surface area contributed by atoms with Crippen LogP contribution in [0, 0.1) is 0 Å². The first-order chi connectivity index (χ1) is 19.4. The molecule has 0 radical (unpaired) electrons. The number of benzene rings is 3. The van der Waals surface area contributed by atoms with E-state index in [1.807, 2.05) is 29.2 Å². The molecule has 5 rings (SSSR count). The zero-order valence-corrected chi connectivity index (χ0v) is 23.3. The van der Waals surface area contributed by atoms with Gasteiger partial charge >= 0.3 is 12.2 Å². The maximum atomic E-state index is 12.7. The Kier molecular flexibility index (Phi) is 8.55. The van der Waals surface area contributed by atoms with E-state index in [9.17, 15) is 9.59 Å². The van der Waals surface area contributed by atoms with Gasteiger partial charge in [0, 0.05) is 31.7 Å². The Morgan fingerprint density at radius 2 is 1.68 bits per heavy atom. The van der Waals surface area contributed by atoms with Crippen molar-refractivity contribution in [1.29, 1.82) is 0 Å². The Morgan fingerprint density at radius 1 is 0.925 bits per heavy atom. The van der Waals surface area contributed by atoms with Crippen LogP contribution in [-0.4, -0.2) is 49.9 Å². The molecule has 2 amide bonds. The minimum Gasteiger partial charge on any atom is -0.453 e. The predicted octanol–water partition coefficient (Wildman–Crippen LogP) is 5.93. The van der Waals surface area contributed by atoms with Crippen LogP contribution < -0.4 is 16.0 Å². The van der Waals surface area contributed by atoms with Crippen LogP contribution in [0.15, 0.2) is 66.7 Å². The van der Waals surface area contributed by atoms with Gasteiger partial charge in [0.05, 0.1) is 25.6 Å². The molecule has 0 atom stereocenters. The highest BCUT2D eigenvalue weighted by molar-refractivity contribution is 5.91. The second-order valence-electron chi connectivity index (χ2n) is 10.7. The van der Waals surface area contributed by atoms with E-state index in [0.29, 0.717) is 12.2 Å². The molecule has 8 nitrogen and oxygen atoms in total. The van der Waals surface area contributed by atoms with Crippen molar-refractivity contribution in [3.8, 4) is 11.1 Å². The first-order valence-electron chi connectivity index (χ1n) is 14.0. The summed E-state index contributed by atoms with van der Waals surface area (Å²) in [7, 11) is 2.80. The van der Waals surface area contributed by atoms with Crippen molar-refractivity contribution >= 4 is 23.6 Å². The first-order valence-corrected chi connectivity index (χ1v) is 14.0. The molecule has 3 N–H and O–H groups in total. The molecular formula is C32H38N4O4. The van der Waals surface area contributed by atoms with Crippen LogP contribution in [0.1, 0.15) is 42.4 Å². The van der Waals surface area contributed by atoms with Gasteiger partial charge in [0.25, 0.3) is 0 Å². The molecule has 0 aromatic heterocycles. The number of nitrogens with zero attached hydrogens (tertiary/aromatic N) is 2. The van der Waals surface area contributed by atoms with Crippen LogP contribution in [0.2, 0.25) is 0 Å². The number of fused-ring (bicyclic) bond motifs is 1. The number of anilines is 2. The number of hydrogen-bond acceptors (Lipinski definition) is 6. The molecule has 2 aliphatic rings. The quantitative estimate of drug-likeness (QED) is 0.401. The lowest BCUT2D eigenvalue weighted by Crippen LogP contribution is -2.43. The van der Waals surface area contributed by atoms with E-state index in [1.54, 1.807) is 0 Å². The monoisotopic (exact) mass is 542 g/mol. The van der Waals surface area contributed by atoms with E-state index in [4.69, 9.17) is 15.2 Å². The topological polar surface area (TPSA) is 97.1 Å². The molecule has 3 aromatic rings. The van der Waals surface area contributed by atoms with E-state index in [2.05, 4.69) is 52.7 Å². The number of hydrogen-bond donors (Lipinski definition) is 2. The number of nitrogens with two attached hydrogens (primary N) is 1. The summed E-state index contributed by atoms with van der Waals surface area (Å²) in [6.07, 6.45) is 3.68. The van der Waals surface area contributed by atoms with Gasteiger partial charge < -0.3 is 25.0 Å². The second kappa shape index (κ2) is 12.4. The van der Waals surface area contributed by atoms with Gasteiger partial charge in [-0.1, -0.05) is 48.5 Å². The summed E-state index contributed by atoms with van der Waals surface area (Å²) >= 11 is 0. The SMILES string of the molecule is COC(=O)Nc1cc(-c2cccc(CN(C(=O)OC)C3CCC(N)CC3)c2)ccc1N1CCc2ccccc2C1. The average Bonchev–Trinajstić information content (AvgIpc) is 3.00. The second-order valence-corrected chi connectivity index (χ2v) is 10.7. The van der Waals surface area contributed by atoms with Crippen molar-refractivity contribution in [2.45, 2.75) is 57.3 Å². The lowest BCUT2D eigenvalue weighted by atomic mass is 9.90. The van der Waals surface area contributed by atoms with Gasteiger partial charge in [0.2, 0.25) is 0 Å². The third-order valence-corrected chi connectivity index (χ3v) is 8.09. The fraction of sp³-hybridized carbons (Fsp3) is 0.375. The van der Waals surface area contributed by atoms with Crippen LogP contribution >= 0.6 is 0 Å². The van der Waals surface area contributed by atoms with Crippen molar-refractivity contribution in [2.75, 3.05) is 31.0 Å². The highest BCUT2D eigenvalue weighted by Gasteiger charge is 2.28. The number of methoxy groups -OCH3 is 2. The Morgan fingerprint density at radius 3 is 2.42 bits per heavy atom. The van der Waals surface area contributed by atoms with Crippen LogP contribution in [0.4, 0.5) is 21.0 Å². The summed E-state index contributed by atoms with van der Waals surface area (Å²) in [5, 5.41) is 2.93. The van der Waals surface area contributed by atoms with Crippen LogP contribution in [0.25, 0.3) is 11.1 Å². The Bertz CT molecular complexity index is 1350. The summed E-state index contributed by atoms with van der Waals surface area (Å²) in [5.74, 6) is 0. The normalized spacial score (nSPS) is 18.4. The largest absolute Gasteiger partial charge is 0.453 e. The summed E-state index contributed by atoms with van der Waals surface area (Å²) in [6.45, 7) is 2.09. The van der Waals surface area contributed by atoms with Gasteiger partial charge in [0.1, 0.15) is 0 Å². The van der Waals surface area contributed by atoms with Gasteiger partial charge in [-0.05, 0) is 78.1 Å². The number of amides is 2. The molecule has 1 aliphatic carbocycles. The summed E-state index contributed by atoms with van der Waals surface area (Å²) in [5.41, 5.74) is 13.4. The third kappa shape index (κ3) is 6.23. The van der Waals surface area contributed by atoms with Crippen LogP contribution in [0.5, 0.6) is 0 Å². The minimum absolute atomic E-state index is 0.112. The molecule has 0 bridgehead atoms. The highest BCUT2D eigenvalue weighted by atomic mass is 16.5. The zero-order valence-electron chi connectivity index (χ0n) is 23.3. The lowest BCUT2D eigenvalue weighted by molar-refractivity contribution is 0.0879. The first kappa shape index (κ1) is 27.5. The molecule has 1 aliphatic heterocycles. The third-order valence-electron chi connectivity index (χ3n) is 8.09. The van der Waals surface area contributed by atoms with Gasteiger partial charge in [-0.2, -0.15) is 0 Å². The van der Waals surface area contributed by atoms with Gasteiger partial charge in [-0.15, -0.1) is 0 Å². The number of rotatable bonds is 6. The summed E-state index contributed by atoms with van der Waals surface area (Å²) < 4.78 is 10.1. The average molecular weight is 543 g/mol. The number of carbonyl (C=O) groups is 2. The van der Waals surface area contributed by atoms with Crippen molar-refractivity contribution in [2.24, 2.45) is 5.73 Å². The maximum absolute atomic E-state index is 12.7. The molecule has 210 valence electrons. The number of nitrogens with one attached hydrogen (secondary N) is 1. The Balaban J connectivity index is 1.41. The van der Waals surface area contributed by atoms with Crippen molar-refractivity contribution in [3.05, 3.63) is 83.4 Å². The molecule has 0 spiro atoms. The van der Waals surface area contributed by atoms with Crippen LogP contribution in [0.3, 0.4) is 0 Å². The fourth-order valence-corrected chi connectivity index (χ4v) is 5.87. The van der Waals surface area contributed by atoms with Crippen molar-refractivity contribution < 1.29 is 19.1 Å².